The van der Waals surface area contributed by atoms with Gasteiger partial charge in [-0.1, -0.05) is 42.5 Å². The van der Waals surface area contributed by atoms with Gasteiger partial charge in [0.05, 0.1) is 10.9 Å². The third-order valence-corrected chi connectivity index (χ3v) is 6.03. The second-order valence-corrected chi connectivity index (χ2v) is 8.31. The van der Waals surface area contributed by atoms with E-state index in [1.807, 2.05) is 30.3 Å². The predicted octanol–water partition coefficient (Wildman–Crippen LogP) is 3.14. The molecule has 0 saturated carbocycles. The molecule has 2 heterocycles. The summed E-state index contributed by atoms with van der Waals surface area (Å²) in [6.07, 6.45) is 3.41. The number of hydrogen-bond acceptors (Lipinski definition) is 6. The second kappa shape index (κ2) is 10.3. The van der Waals surface area contributed by atoms with Gasteiger partial charge in [0.1, 0.15) is 11.3 Å². The molecule has 1 unspecified atom stereocenters. The molecule has 1 atom stereocenters. The summed E-state index contributed by atoms with van der Waals surface area (Å²) >= 11 is 0. The number of rotatable bonds is 8. The molecule has 2 aromatic carbocycles. The zero-order valence-corrected chi connectivity index (χ0v) is 18.5. The lowest BCUT2D eigenvalue weighted by molar-refractivity contribution is 0.349. The lowest BCUT2D eigenvalue weighted by Crippen LogP contribution is -2.25. The summed E-state index contributed by atoms with van der Waals surface area (Å²) in [7, 11) is 0. The van der Waals surface area contributed by atoms with Crippen molar-refractivity contribution in [2.75, 3.05) is 19.6 Å². The molecule has 8 nitrogen and oxygen atoms in total. The van der Waals surface area contributed by atoms with Crippen molar-refractivity contribution in [3.05, 3.63) is 76.1 Å². The van der Waals surface area contributed by atoms with Crippen LogP contribution in [0.2, 0.25) is 0 Å². The Hall–Kier alpha value is -3.65. The molecule has 1 fully saturated rings. The largest absolute Gasteiger partial charge is 0.507 e. The molecule has 1 saturated heterocycles. The summed E-state index contributed by atoms with van der Waals surface area (Å²) in [4.78, 5) is 15.4. The third-order valence-electron chi connectivity index (χ3n) is 6.03. The summed E-state index contributed by atoms with van der Waals surface area (Å²) in [5.41, 5.74) is 12.7. The number of benzene rings is 2. The van der Waals surface area contributed by atoms with Crippen LogP contribution in [0.15, 0.2) is 74.0 Å². The summed E-state index contributed by atoms with van der Waals surface area (Å²) in [6.45, 7) is 2.96. The molecule has 0 radical (unpaired) electrons. The number of guanidine groups is 1. The first-order valence-electron chi connectivity index (χ1n) is 11.2. The fourth-order valence-electron chi connectivity index (χ4n) is 4.38. The van der Waals surface area contributed by atoms with Gasteiger partial charge in [-0.15, -0.1) is 5.10 Å². The van der Waals surface area contributed by atoms with Crippen molar-refractivity contribution in [2.24, 2.45) is 21.7 Å². The Bertz CT molecular complexity index is 1210. The molecule has 3 aromatic rings. The van der Waals surface area contributed by atoms with E-state index < -0.39 is 11.5 Å². The quantitative estimate of drug-likeness (QED) is 0.210. The van der Waals surface area contributed by atoms with Crippen LogP contribution in [-0.4, -0.2) is 41.3 Å². The average molecular weight is 448 g/mol. The molecule has 4 rings (SSSR count). The molecule has 1 aliphatic heterocycles. The zero-order valence-electron chi connectivity index (χ0n) is 18.5. The Kier molecular flexibility index (Phi) is 7.04. The van der Waals surface area contributed by atoms with Crippen LogP contribution in [0.4, 0.5) is 0 Å². The molecule has 5 N–H and O–H groups in total. The lowest BCUT2D eigenvalue weighted by Gasteiger charge is -2.21. The number of hydrogen-bond donors (Lipinski definition) is 3. The van der Waals surface area contributed by atoms with Crippen LogP contribution in [0.5, 0.6) is 5.75 Å². The van der Waals surface area contributed by atoms with Crippen molar-refractivity contribution in [1.29, 1.82) is 0 Å². The van der Waals surface area contributed by atoms with E-state index in [1.54, 1.807) is 24.3 Å². The first-order valence-corrected chi connectivity index (χ1v) is 11.2. The fourth-order valence-corrected chi connectivity index (χ4v) is 4.38. The SMILES string of the molecule is NC(N)=NN=C(CCN1CCCC1)CC(c1ccccc1)c1c(O)c2ccccc2oc1=O. The third kappa shape index (κ3) is 5.40. The van der Waals surface area contributed by atoms with Crippen LogP contribution < -0.4 is 17.1 Å². The number of likely N-dealkylation sites (tertiary alicyclic amines) is 1. The summed E-state index contributed by atoms with van der Waals surface area (Å²) in [5, 5.41) is 19.8. The standard InChI is InChI=1S/C25H29N5O3/c26-25(27)29-28-18(12-15-30-13-6-7-14-30)16-20(17-8-2-1-3-9-17)22-23(31)19-10-4-5-11-21(19)33-24(22)32/h1-5,8-11,20,31H,6-7,12-16H2,(H4,26,27,29). The highest BCUT2D eigenvalue weighted by Gasteiger charge is 2.26. The molecule has 1 aliphatic rings. The lowest BCUT2D eigenvalue weighted by atomic mass is 9.86. The van der Waals surface area contributed by atoms with Gasteiger partial charge in [-0.05, 0) is 50.0 Å². The van der Waals surface area contributed by atoms with Crippen molar-refractivity contribution >= 4 is 22.6 Å². The first kappa shape index (κ1) is 22.5. The van der Waals surface area contributed by atoms with Crippen molar-refractivity contribution in [3.8, 4) is 5.75 Å². The van der Waals surface area contributed by atoms with Gasteiger partial charge in [0.25, 0.3) is 0 Å². The van der Waals surface area contributed by atoms with Gasteiger partial charge in [0, 0.05) is 24.6 Å². The first-order chi connectivity index (χ1) is 16.0. The fraction of sp³-hybridized carbons (Fsp3) is 0.320. The van der Waals surface area contributed by atoms with E-state index in [4.69, 9.17) is 15.9 Å². The Labute approximate surface area is 192 Å². The smallest absolute Gasteiger partial charge is 0.343 e. The topological polar surface area (TPSA) is 130 Å². The van der Waals surface area contributed by atoms with Gasteiger partial charge in [0.2, 0.25) is 5.96 Å². The van der Waals surface area contributed by atoms with E-state index in [1.165, 1.54) is 12.8 Å². The highest BCUT2D eigenvalue weighted by Crippen LogP contribution is 2.36. The van der Waals surface area contributed by atoms with Crippen LogP contribution in [-0.2, 0) is 0 Å². The van der Waals surface area contributed by atoms with Crippen molar-refractivity contribution in [3.63, 3.8) is 0 Å². The molecular formula is C25H29N5O3. The van der Waals surface area contributed by atoms with Crippen molar-refractivity contribution < 1.29 is 9.52 Å². The number of aromatic hydroxyl groups is 1. The minimum Gasteiger partial charge on any atom is -0.507 e. The van der Waals surface area contributed by atoms with E-state index in [0.717, 1.165) is 30.9 Å². The number of fused-ring (bicyclic) bond motifs is 1. The molecule has 172 valence electrons. The summed E-state index contributed by atoms with van der Waals surface area (Å²) < 4.78 is 5.57. The Morgan fingerprint density at radius 3 is 2.45 bits per heavy atom. The van der Waals surface area contributed by atoms with Gasteiger partial charge < -0.3 is 25.9 Å². The molecular weight excluding hydrogens is 418 g/mol. The summed E-state index contributed by atoms with van der Waals surface area (Å²) in [6, 6.07) is 16.5. The van der Waals surface area contributed by atoms with Crippen molar-refractivity contribution in [1.82, 2.24) is 4.90 Å². The van der Waals surface area contributed by atoms with Crippen LogP contribution in [0, 0.1) is 0 Å². The molecule has 0 amide bonds. The maximum Gasteiger partial charge on any atom is 0.343 e. The molecule has 0 aliphatic carbocycles. The normalized spacial score (nSPS) is 15.6. The Morgan fingerprint density at radius 2 is 1.73 bits per heavy atom. The maximum atomic E-state index is 13.0. The summed E-state index contributed by atoms with van der Waals surface area (Å²) in [5.74, 6) is -0.673. The molecule has 1 aromatic heterocycles. The van der Waals surface area contributed by atoms with Gasteiger partial charge >= 0.3 is 5.63 Å². The molecule has 33 heavy (non-hydrogen) atoms. The number of nitrogens with two attached hydrogens (primary N) is 2. The van der Waals surface area contributed by atoms with Gasteiger partial charge in [-0.2, -0.15) is 5.10 Å². The van der Waals surface area contributed by atoms with Gasteiger partial charge in [-0.3, -0.25) is 0 Å². The predicted molar refractivity (Wildman–Crippen MR) is 131 cm³/mol. The van der Waals surface area contributed by atoms with E-state index in [0.29, 0.717) is 23.8 Å². The number of para-hydroxylation sites is 1. The minimum absolute atomic E-state index is 0.0727. The van der Waals surface area contributed by atoms with Crippen LogP contribution in [0.25, 0.3) is 11.0 Å². The second-order valence-electron chi connectivity index (χ2n) is 8.31. The van der Waals surface area contributed by atoms with Gasteiger partial charge in [0.15, 0.2) is 0 Å². The van der Waals surface area contributed by atoms with E-state index in [2.05, 4.69) is 15.1 Å². The van der Waals surface area contributed by atoms with E-state index in [-0.39, 0.29) is 17.3 Å². The monoisotopic (exact) mass is 447 g/mol. The number of nitrogens with zero attached hydrogens (tertiary/aromatic N) is 3. The maximum absolute atomic E-state index is 13.0. The average Bonchev–Trinajstić information content (AvgIpc) is 3.34. The molecule has 8 heteroatoms. The Morgan fingerprint density at radius 1 is 1.03 bits per heavy atom. The zero-order chi connectivity index (χ0) is 23.2. The van der Waals surface area contributed by atoms with Crippen LogP contribution >= 0.6 is 0 Å². The molecule has 0 spiro atoms. The highest BCUT2D eigenvalue weighted by atomic mass is 16.4. The molecule has 0 bridgehead atoms. The van der Waals surface area contributed by atoms with Crippen molar-refractivity contribution in [2.45, 2.75) is 31.6 Å². The van der Waals surface area contributed by atoms with Crippen LogP contribution in [0.3, 0.4) is 0 Å². The van der Waals surface area contributed by atoms with E-state index in [9.17, 15) is 9.90 Å². The van der Waals surface area contributed by atoms with Crippen LogP contribution in [0.1, 0.15) is 42.7 Å². The van der Waals surface area contributed by atoms with Gasteiger partial charge in [-0.25, -0.2) is 4.79 Å². The van der Waals surface area contributed by atoms with E-state index >= 15 is 0 Å². The Balaban J connectivity index is 1.75. The minimum atomic E-state index is -0.569. The highest BCUT2D eigenvalue weighted by molar-refractivity contribution is 5.88.